The van der Waals surface area contributed by atoms with E-state index in [0.717, 1.165) is 11.8 Å². The summed E-state index contributed by atoms with van der Waals surface area (Å²) >= 11 is 18.3. The number of carbonyl (C=O) groups is 2. The number of amides is 3. The summed E-state index contributed by atoms with van der Waals surface area (Å²) in [6, 6.07) is 8.65. The molecule has 0 N–H and O–H groups in total. The molecule has 2 aliphatic heterocycles. The number of urea groups is 1. The molecule has 0 bridgehead atoms. The third-order valence-corrected chi connectivity index (χ3v) is 9.24. The fourth-order valence-electron chi connectivity index (χ4n) is 4.83. The Balaban J connectivity index is 1.59. The van der Waals surface area contributed by atoms with Gasteiger partial charge in [-0.05, 0) is 29.8 Å². The highest BCUT2D eigenvalue weighted by Crippen LogP contribution is 2.35. The fraction of sp³-hybridized carbons (Fsp3) is 0.417. The predicted molar refractivity (Wildman–Crippen MR) is 141 cm³/mol. The van der Waals surface area contributed by atoms with Gasteiger partial charge in [0.15, 0.2) is 5.82 Å². The van der Waals surface area contributed by atoms with Gasteiger partial charge in [-0.3, -0.25) is 4.79 Å². The zero-order chi connectivity index (χ0) is 27.1. The van der Waals surface area contributed by atoms with Crippen molar-refractivity contribution in [2.24, 2.45) is 0 Å². The van der Waals surface area contributed by atoms with E-state index in [1.165, 1.54) is 27.4 Å². The Morgan fingerprint density at radius 3 is 2.24 bits per heavy atom. The normalized spacial score (nSPS) is 20.8. The molecule has 2 fully saturated rings. The summed E-state index contributed by atoms with van der Waals surface area (Å²) in [7, 11) is -1.77. The molecule has 8 nitrogen and oxygen atoms in total. The smallest absolute Gasteiger partial charge is 0.320 e. The highest BCUT2D eigenvalue weighted by molar-refractivity contribution is 7.88. The second-order valence-electron chi connectivity index (χ2n) is 9.20. The number of carbonyl (C=O) groups excluding carboxylic acids is 2. The maximum Gasteiger partial charge on any atom is 0.320 e. The van der Waals surface area contributed by atoms with Gasteiger partial charge < -0.3 is 14.7 Å². The Hall–Kier alpha value is -2.11. The van der Waals surface area contributed by atoms with Crippen molar-refractivity contribution in [3.8, 4) is 0 Å². The van der Waals surface area contributed by atoms with Crippen molar-refractivity contribution in [2.45, 2.75) is 12.0 Å². The molecule has 2 atom stereocenters. The third kappa shape index (κ3) is 5.83. The lowest BCUT2D eigenvalue weighted by Gasteiger charge is -2.35. The fourth-order valence-corrected chi connectivity index (χ4v) is 6.13. The molecule has 13 heteroatoms. The number of rotatable bonds is 4. The lowest BCUT2D eigenvalue weighted by Crippen LogP contribution is -2.53. The van der Waals surface area contributed by atoms with Gasteiger partial charge in [0, 0.05) is 52.2 Å². The minimum atomic E-state index is -3.33. The first-order chi connectivity index (χ1) is 17.4. The van der Waals surface area contributed by atoms with Crippen molar-refractivity contribution in [3.05, 3.63) is 68.4 Å². The SMILES string of the molecule is CN(C(=O)c1cccc(Cl)c1F)[C@@H]1CN(C(=O)N2CCN(S(C)(=O)=O)CC2)C[C@H]1c1ccc(Cl)c(Cl)c1. The Morgan fingerprint density at radius 1 is 0.946 bits per heavy atom. The molecule has 200 valence electrons. The van der Waals surface area contributed by atoms with Crippen molar-refractivity contribution in [2.75, 3.05) is 52.6 Å². The van der Waals surface area contributed by atoms with Crippen molar-refractivity contribution in [1.82, 2.24) is 19.0 Å². The van der Waals surface area contributed by atoms with Crippen molar-refractivity contribution in [3.63, 3.8) is 0 Å². The predicted octanol–water partition coefficient (Wildman–Crippen LogP) is 4.02. The van der Waals surface area contributed by atoms with Gasteiger partial charge in [-0.15, -0.1) is 0 Å². The number of likely N-dealkylation sites (N-methyl/N-ethyl adjacent to an activating group) is 1. The minimum Gasteiger partial charge on any atom is -0.336 e. The standard InChI is InChI=1S/C24H26Cl3FN4O4S/c1-29(23(33)16-4-3-5-19(26)22(16)28)21-14-31(13-17(21)15-6-7-18(25)20(27)12-15)24(34)30-8-10-32(11-9-30)37(2,35)36/h3-7,12,17,21H,8-11,13-14H2,1-2H3/t17-,21+/m0/s1. The largest absolute Gasteiger partial charge is 0.336 e. The first kappa shape index (κ1) is 27.9. The van der Waals surface area contributed by atoms with Crippen LogP contribution in [0.25, 0.3) is 0 Å². The van der Waals surface area contributed by atoms with Gasteiger partial charge in [0.25, 0.3) is 5.91 Å². The van der Waals surface area contributed by atoms with E-state index < -0.39 is 27.8 Å². The maximum atomic E-state index is 14.7. The summed E-state index contributed by atoms with van der Waals surface area (Å²) in [5.41, 5.74) is 0.618. The lowest BCUT2D eigenvalue weighted by atomic mass is 9.93. The molecule has 2 aromatic carbocycles. The van der Waals surface area contributed by atoms with Gasteiger partial charge in [-0.25, -0.2) is 17.6 Å². The van der Waals surface area contributed by atoms with Crippen LogP contribution in [-0.4, -0.2) is 98.0 Å². The number of benzene rings is 2. The molecule has 2 saturated heterocycles. The molecular formula is C24H26Cl3FN4O4S. The second-order valence-corrected chi connectivity index (χ2v) is 12.4. The van der Waals surface area contributed by atoms with Crippen LogP contribution in [0.4, 0.5) is 9.18 Å². The molecule has 0 unspecified atom stereocenters. The number of halogens is 4. The van der Waals surface area contributed by atoms with Crippen LogP contribution < -0.4 is 0 Å². The van der Waals surface area contributed by atoms with Crippen LogP contribution in [0.5, 0.6) is 0 Å². The molecule has 4 rings (SSSR count). The average Bonchev–Trinajstić information content (AvgIpc) is 3.31. The van der Waals surface area contributed by atoms with Gasteiger partial charge in [0.1, 0.15) is 0 Å². The number of nitrogens with zero attached hydrogens (tertiary/aromatic N) is 4. The monoisotopic (exact) mass is 590 g/mol. The van der Waals surface area contributed by atoms with E-state index in [-0.39, 0.29) is 61.8 Å². The number of likely N-dealkylation sites (tertiary alicyclic amines) is 1. The minimum absolute atomic E-state index is 0.156. The van der Waals surface area contributed by atoms with E-state index in [1.807, 2.05) is 0 Å². The van der Waals surface area contributed by atoms with Crippen LogP contribution in [0.3, 0.4) is 0 Å². The lowest BCUT2D eigenvalue weighted by molar-refractivity contribution is 0.0718. The van der Waals surface area contributed by atoms with Crippen LogP contribution in [-0.2, 0) is 10.0 Å². The quantitative estimate of drug-likeness (QED) is 0.538. The topological polar surface area (TPSA) is 81.2 Å². The molecule has 0 radical (unpaired) electrons. The van der Waals surface area contributed by atoms with Crippen LogP contribution in [0, 0.1) is 5.82 Å². The first-order valence-corrected chi connectivity index (χ1v) is 14.5. The Bertz CT molecular complexity index is 1320. The Morgan fingerprint density at radius 2 is 1.62 bits per heavy atom. The van der Waals surface area contributed by atoms with Gasteiger partial charge in [0.2, 0.25) is 10.0 Å². The number of hydrogen-bond acceptors (Lipinski definition) is 4. The van der Waals surface area contributed by atoms with Crippen LogP contribution >= 0.6 is 34.8 Å². The summed E-state index contributed by atoms with van der Waals surface area (Å²) in [6.45, 7) is 1.42. The number of sulfonamides is 1. The van der Waals surface area contributed by atoms with Crippen molar-refractivity contribution >= 4 is 56.8 Å². The van der Waals surface area contributed by atoms with E-state index in [9.17, 15) is 22.4 Å². The first-order valence-electron chi connectivity index (χ1n) is 11.5. The molecule has 0 spiro atoms. The summed E-state index contributed by atoms with van der Waals surface area (Å²) < 4.78 is 39.7. The number of piperazine rings is 1. The van der Waals surface area contributed by atoms with E-state index in [4.69, 9.17) is 34.8 Å². The summed E-state index contributed by atoms with van der Waals surface area (Å²) in [4.78, 5) is 31.4. The van der Waals surface area contributed by atoms with Crippen LogP contribution in [0.2, 0.25) is 15.1 Å². The molecule has 3 amide bonds. The summed E-state index contributed by atoms with van der Waals surface area (Å²) in [6.07, 6.45) is 1.15. The summed E-state index contributed by atoms with van der Waals surface area (Å²) in [5, 5.41) is 0.563. The molecule has 0 aromatic heterocycles. The Labute approximate surface area is 230 Å². The highest BCUT2D eigenvalue weighted by Gasteiger charge is 2.42. The van der Waals surface area contributed by atoms with E-state index in [1.54, 1.807) is 35.0 Å². The van der Waals surface area contributed by atoms with Gasteiger partial charge >= 0.3 is 6.03 Å². The molecule has 2 heterocycles. The second kappa shape index (κ2) is 10.9. The molecule has 0 aliphatic carbocycles. The van der Waals surface area contributed by atoms with E-state index in [2.05, 4.69) is 0 Å². The van der Waals surface area contributed by atoms with E-state index >= 15 is 0 Å². The maximum absolute atomic E-state index is 14.7. The molecule has 2 aliphatic rings. The van der Waals surface area contributed by atoms with Crippen LogP contribution in [0.1, 0.15) is 21.8 Å². The summed E-state index contributed by atoms with van der Waals surface area (Å²) in [5.74, 6) is -1.69. The van der Waals surface area contributed by atoms with E-state index in [0.29, 0.717) is 10.0 Å². The third-order valence-electron chi connectivity index (χ3n) is 6.91. The Kier molecular flexibility index (Phi) is 8.25. The van der Waals surface area contributed by atoms with Crippen molar-refractivity contribution in [1.29, 1.82) is 0 Å². The number of hydrogen-bond donors (Lipinski definition) is 0. The van der Waals surface area contributed by atoms with Gasteiger partial charge in [-0.2, -0.15) is 4.31 Å². The molecule has 37 heavy (non-hydrogen) atoms. The van der Waals surface area contributed by atoms with Crippen molar-refractivity contribution < 1.29 is 22.4 Å². The highest BCUT2D eigenvalue weighted by atomic mass is 35.5. The zero-order valence-electron chi connectivity index (χ0n) is 20.2. The van der Waals surface area contributed by atoms with Crippen LogP contribution in [0.15, 0.2) is 36.4 Å². The van der Waals surface area contributed by atoms with Gasteiger partial charge in [0.05, 0.1) is 32.9 Å². The average molecular weight is 592 g/mol. The molecular weight excluding hydrogens is 566 g/mol. The molecule has 0 saturated carbocycles. The van der Waals surface area contributed by atoms with Gasteiger partial charge in [-0.1, -0.05) is 46.9 Å². The zero-order valence-corrected chi connectivity index (χ0v) is 23.3. The molecule has 2 aromatic rings.